The van der Waals surface area contributed by atoms with Gasteiger partial charge in [-0.25, -0.2) is 15.0 Å². The summed E-state index contributed by atoms with van der Waals surface area (Å²) in [6.45, 7) is 5.43. The van der Waals surface area contributed by atoms with E-state index in [4.69, 9.17) is 14.2 Å². The summed E-state index contributed by atoms with van der Waals surface area (Å²) in [6.07, 6.45) is 3.45. The van der Waals surface area contributed by atoms with Gasteiger partial charge >= 0.3 is 0 Å². The fraction of sp³-hybridized carbons (Fsp3) is 0.400. The van der Waals surface area contributed by atoms with Crippen molar-refractivity contribution in [3.05, 3.63) is 54.0 Å². The van der Waals surface area contributed by atoms with E-state index in [9.17, 15) is 4.79 Å². The molecule has 1 aliphatic heterocycles. The van der Waals surface area contributed by atoms with E-state index in [1.54, 1.807) is 32.7 Å². The van der Waals surface area contributed by atoms with Gasteiger partial charge in [0.2, 0.25) is 0 Å². The molecule has 0 atom stereocenters. The number of hydrazine groups is 1. The van der Waals surface area contributed by atoms with Gasteiger partial charge in [-0.15, -0.1) is 0 Å². The number of nitrogens with zero attached hydrogens (tertiary/aromatic N) is 3. The molecule has 1 fully saturated rings. The van der Waals surface area contributed by atoms with E-state index in [0.717, 1.165) is 48.3 Å². The smallest absolute Gasteiger partial charge is 0.265 e. The second-order valence-corrected chi connectivity index (χ2v) is 8.38. The summed E-state index contributed by atoms with van der Waals surface area (Å²) in [4.78, 5) is 21.7. The van der Waals surface area contributed by atoms with Gasteiger partial charge < -0.3 is 14.2 Å². The summed E-state index contributed by atoms with van der Waals surface area (Å²) in [6, 6.07) is 11.1. The molecule has 0 unspecified atom stereocenters. The minimum atomic E-state index is -0.117. The lowest BCUT2D eigenvalue weighted by molar-refractivity contribution is 0.0734. The number of carbonyl (C=O) groups is 1. The van der Waals surface area contributed by atoms with Crippen LogP contribution in [0.2, 0.25) is 0 Å². The van der Waals surface area contributed by atoms with Crippen LogP contribution in [0.1, 0.15) is 48.7 Å². The lowest BCUT2D eigenvalue weighted by Crippen LogP contribution is -2.46. The van der Waals surface area contributed by atoms with Gasteiger partial charge in [0, 0.05) is 36.0 Å². The number of methoxy groups -OCH3 is 2. The number of hydrogen-bond acceptors (Lipinski definition) is 7. The Balaban J connectivity index is 1.41. The molecule has 33 heavy (non-hydrogen) atoms. The molecule has 1 saturated heterocycles. The highest BCUT2D eigenvalue weighted by Gasteiger charge is 2.25. The van der Waals surface area contributed by atoms with Gasteiger partial charge in [-0.3, -0.25) is 10.2 Å². The van der Waals surface area contributed by atoms with Crippen LogP contribution in [0, 0.1) is 0 Å². The zero-order chi connectivity index (χ0) is 23.4. The molecule has 0 aliphatic carbocycles. The molecule has 174 valence electrons. The average molecular weight is 451 g/mol. The molecular formula is C25H30N4O4. The molecule has 1 aromatic heterocycles. The maximum atomic E-state index is 12.7. The molecule has 1 N–H and O–H groups in total. The molecule has 1 aliphatic rings. The molecule has 2 aromatic carbocycles. The van der Waals surface area contributed by atoms with E-state index in [0.29, 0.717) is 17.1 Å². The van der Waals surface area contributed by atoms with Crippen LogP contribution >= 0.6 is 0 Å². The molecule has 0 spiro atoms. The number of benzene rings is 2. The van der Waals surface area contributed by atoms with Crippen molar-refractivity contribution >= 4 is 16.8 Å². The van der Waals surface area contributed by atoms with Crippen LogP contribution in [0.4, 0.5) is 0 Å². The van der Waals surface area contributed by atoms with E-state index in [-0.39, 0.29) is 17.9 Å². The highest BCUT2D eigenvalue weighted by molar-refractivity contribution is 5.94. The SMILES string of the molecule is COc1cc2ncnc(C3CCN(NC(=O)c4ccc(OC(C)C)cc4)CC3)c2cc1OC. The minimum Gasteiger partial charge on any atom is -0.493 e. The van der Waals surface area contributed by atoms with Crippen molar-refractivity contribution in [3.63, 3.8) is 0 Å². The number of rotatable bonds is 7. The van der Waals surface area contributed by atoms with Crippen LogP contribution in [0.15, 0.2) is 42.7 Å². The average Bonchev–Trinajstić information content (AvgIpc) is 2.83. The highest BCUT2D eigenvalue weighted by Crippen LogP contribution is 2.36. The van der Waals surface area contributed by atoms with Crippen molar-refractivity contribution in [1.29, 1.82) is 0 Å². The number of aromatic nitrogens is 2. The number of amides is 1. The Morgan fingerprint density at radius 3 is 2.33 bits per heavy atom. The normalized spacial score (nSPS) is 14.9. The summed E-state index contributed by atoms with van der Waals surface area (Å²) in [5.41, 5.74) is 5.47. The van der Waals surface area contributed by atoms with Crippen LogP contribution < -0.4 is 19.6 Å². The lowest BCUT2D eigenvalue weighted by atomic mass is 9.91. The monoisotopic (exact) mass is 450 g/mol. The van der Waals surface area contributed by atoms with E-state index < -0.39 is 0 Å². The van der Waals surface area contributed by atoms with Gasteiger partial charge in [0.25, 0.3) is 5.91 Å². The molecule has 4 rings (SSSR count). The van der Waals surface area contributed by atoms with Crippen molar-refractivity contribution in [3.8, 4) is 17.2 Å². The summed E-state index contributed by atoms with van der Waals surface area (Å²) in [7, 11) is 3.24. The first-order valence-corrected chi connectivity index (χ1v) is 11.2. The van der Waals surface area contributed by atoms with Gasteiger partial charge in [-0.1, -0.05) is 0 Å². The van der Waals surface area contributed by atoms with Crippen LogP contribution in [0.3, 0.4) is 0 Å². The van der Waals surface area contributed by atoms with Crippen LogP contribution in [-0.4, -0.2) is 54.3 Å². The van der Waals surface area contributed by atoms with Gasteiger partial charge in [0.15, 0.2) is 11.5 Å². The second-order valence-electron chi connectivity index (χ2n) is 8.38. The zero-order valence-corrected chi connectivity index (χ0v) is 19.5. The number of carbonyl (C=O) groups excluding carboxylic acids is 1. The number of nitrogens with one attached hydrogen (secondary N) is 1. The summed E-state index contributed by atoms with van der Waals surface area (Å²) in [5.74, 6) is 2.23. The lowest BCUT2D eigenvalue weighted by Gasteiger charge is -2.32. The molecule has 3 aromatic rings. The molecule has 0 saturated carbocycles. The summed E-state index contributed by atoms with van der Waals surface area (Å²) in [5, 5.41) is 2.95. The van der Waals surface area contributed by atoms with Crippen LogP contribution in [-0.2, 0) is 0 Å². The maximum absolute atomic E-state index is 12.7. The molecule has 2 heterocycles. The first-order chi connectivity index (χ1) is 16.0. The van der Waals surface area contributed by atoms with Crippen LogP contribution in [0.25, 0.3) is 10.9 Å². The third-order valence-corrected chi connectivity index (χ3v) is 5.80. The predicted molar refractivity (Wildman–Crippen MR) is 126 cm³/mol. The topological polar surface area (TPSA) is 85.8 Å². The van der Waals surface area contributed by atoms with Crippen molar-refractivity contribution < 1.29 is 19.0 Å². The van der Waals surface area contributed by atoms with E-state index >= 15 is 0 Å². The van der Waals surface area contributed by atoms with Crippen molar-refractivity contribution in [1.82, 2.24) is 20.4 Å². The predicted octanol–water partition coefficient (Wildman–Crippen LogP) is 3.96. The first kappa shape index (κ1) is 22.8. The number of fused-ring (bicyclic) bond motifs is 1. The van der Waals surface area contributed by atoms with E-state index in [1.165, 1.54) is 0 Å². The molecular weight excluding hydrogens is 420 g/mol. The molecule has 1 amide bonds. The maximum Gasteiger partial charge on any atom is 0.265 e. The third-order valence-electron chi connectivity index (χ3n) is 5.80. The zero-order valence-electron chi connectivity index (χ0n) is 19.5. The molecule has 0 radical (unpaired) electrons. The standard InChI is InChI=1S/C25H30N4O4/c1-16(2)33-19-7-5-18(6-8-19)25(30)28-29-11-9-17(10-12-29)24-20-13-22(31-3)23(32-4)14-21(20)26-15-27-24/h5-8,13-17H,9-12H2,1-4H3,(H,28,30). The van der Waals surface area contributed by atoms with Crippen molar-refractivity contribution in [2.75, 3.05) is 27.3 Å². The quantitative estimate of drug-likeness (QED) is 0.583. The Bertz CT molecular complexity index is 1110. The van der Waals surface area contributed by atoms with E-state index in [2.05, 4.69) is 15.4 Å². The highest BCUT2D eigenvalue weighted by atomic mass is 16.5. The first-order valence-electron chi connectivity index (χ1n) is 11.2. The van der Waals surface area contributed by atoms with Gasteiger partial charge in [0.05, 0.1) is 31.5 Å². The summed E-state index contributed by atoms with van der Waals surface area (Å²) >= 11 is 0. The number of piperidine rings is 1. The third kappa shape index (κ3) is 5.17. The van der Waals surface area contributed by atoms with Crippen molar-refractivity contribution in [2.24, 2.45) is 0 Å². The minimum absolute atomic E-state index is 0.0982. The fourth-order valence-electron chi connectivity index (χ4n) is 4.16. The molecule has 0 bridgehead atoms. The van der Waals surface area contributed by atoms with Gasteiger partial charge in [-0.2, -0.15) is 0 Å². The largest absolute Gasteiger partial charge is 0.493 e. The number of ether oxygens (including phenoxy) is 3. The Hall–Kier alpha value is -3.39. The van der Waals surface area contributed by atoms with Gasteiger partial charge in [0.1, 0.15) is 12.1 Å². The fourth-order valence-corrected chi connectivity index (χ4v) is 4.16. The number of hydrogen-bond donors (Lipinski definition) is 1. The Labute approximate surface area is 193 Å². The Morgan fingerprint density at radius 2 is 1.70 bits per heavy atom. The van der Waals surface area contributed by atoms with Gasteiger partial charge in [-0.05, 0) is 57.0 Å². The van der Waals surface area contributed by atoms with Crippen molar-refractivity contribution in [2.45, 2.75) is 38.7 Å². The Morgan fingerprint density at radius 1 is 1.03 bits per heavy atom. The molecule has 8 heteroatoms. The second kappa shape index (κ2) is 10.0. The van der Waals surface area contributed by atoms with E-state index in [1.807, 2.05) is 43.1 Å². The Kier molecular flexibility index (Phi) is 6.93. The molecule has 8 nitrogen and oxygen atoms in total. The van der Waals surface area contributed by atoms with Crippen LogP contribution in [0.5, 0.6) is 17.2 Å². The summed E-state index contributed by atoms with van der Waals surface area (Å²) < 4.78 is 16.5.